The van der Waals surface area contributed by atoms with Crippen molar-refractivity contribution in [3.63, 3.8) is 0 Å². The lowest BCUT2D eigenvalue weighted by Gasteiger charge is -2.19. The molecule has 3 amide bonds. The first-order valence-corrected chi connectivity index (χ1v) is 7.41. The molecule has 0 aromatic carbocycles. The maximum atomic E-state index is 12.4. The number of imide groups is 1. The summed E-state index contributed by atoms with van der Waals surface area (Å²) in [6.07, 6.45) is 0.851. The molecule has 0 saturated carbocycles. The number of aromatic nitrogens is 1. The third-order valence-corrected chi connectivity index (χ3v) is 4.31. The minimum Gasteiger partial charge on any atom is -0.361 e. The van der Waals surface area contributed by atoms with Crippen molar-refractivity contribution in [3.05, 3.63) is 17.0 Å². The van der Waals surface area contributed by atoms with E-state index in [0.29, 0.717) is 6.54 Å². The van der Waals surface area contributed by atoms with Crippen LogP contribution in [0.2, 0.25) is 0 Å². The molecular weight excluding hydrogens is 270 g/mol. The van der Waals surface area contributed by atoms with Crippen molar-refractivity contribution in [1.82, 2.24) is 15.4 Å². The smallest absolute Gasteiger partial charge is 0.324 e. The van der Waals surface area contributed by atoms with Crippen molar-refractivity contribution in [1.29, 1.82) is 0 Å². The van der Waals surface area contributed by atoms with E-state index in [1.807, 2.05) is 34.6 Å². The van der Waals surface area contributed by atoms with E-state index in [1.165, 1.54) is 4.90 Å². The molecule has 0 aliphatic carbocycles. The highest BCUT2D eigenvalue weighted by atomic mass is 16.5. The van der Waals surface area contributed by atoms with Crippen LogP contribution in [0.25, 0.3) is 0 Å². The lowest BCUT2D eigenvalue weighted by atomic mass is 9.97. The van der Waals surface area contributed by atoms with Crippen LogP contribution < -0.4 is 5.32 Å². The fraction of sp³-hybridized carbons (Fsp3) is 0.667. The highest BCUT2D eigenvalue weighted by molar-refractivity contribution is 6.04. The second kappa shape index (κ2) is 5.87. The van der Waals surface area contributed by atoms with Gasteiger partial charge in [-0.3, -0.25) is 9.69 Å². The van der Waals surface area contributed by atoms with Crippen LogP contribution >= 0.6 is 0 Å². The Bertz CT molecular complexity index is 533. The van der Waals surface area contributed by atoms with Gasteiger partial charge in [0.2, 0.25) is 0 Å². The van der Waals surface area contributed by atoms with Gasteiger partial charge in [0, 0.05) is 18.0 Å². The fourth-order valence-electron chi connectivity index (χ4n) is 2.89. The Morgan fingerprint density at radius 1 is 1.33 bits per heavy atom. The summed E-state index contributed by atoms with van der Waals surface area (Å²) in [6.45, 7) is 10.0. The minimum atomic E-state index is -0.403. The number of amides is 3. The van der Waals surface area contributed by atoms with Gasteiger partial charge in [-0.25, -0.2) is 4.79 Å². The monoisotopic (exact) mass is 293 g/mol. The topological polar surface area (TPSA) is 75.4 Å². The van der Waals surface area contributed by atoms with Gasteiger partial charge in [0.05, 0.1) is 5.69 Å². The molecule has 1 aromatic heterocycles. The zero-order chi connectivity index (χ0) is 15.7. The highest BCUT2D eigenvalue weighted by Crippen LogP contribution is 2.26. The number of hydrogen-bond acceptors (Lipinski definition) is 4. The van der Waals surface area contributed by atoms with E-state index < -0.39 is 6.04 Å². The Morgan fingerprint density at radius 3 is 2.52 bits per heavy atom. The fourth-order valence-corrected chi connectivity index (χ4v) is 2.89. The van der Waals surface area contributed by atoms with E-state index in [9.17, 15) is 9.59 Å². The number of nitrogens with one attached hydrogen (secondary N) is 1. The maximum Gasteiger partial charge on any atom is 0.324 e. The number of carbonyl (C=O) groups is 2. The molecule has 0 radical (unpaired) electrons. The third kappa shape index (κ3) is 2.80. The molecule has 0 spiro atoms. The van der Waals surface area contributed by atoms with Crippen LogP contribution in [0.4, 0.5) is 4.79 Å². The van der Waals surface area contributed by atoms with E-state index >= 15 is 0 Å². The summed E-state index contributed by atoms with van der Waals surface area (Å²) in [5.41, 5.74) is 1.79. The summed E-state index contributed by atoms with van der Waals surface area (Å²) in [5.74, 6) is 0.751. The highest BCUT2D eigenvalue weighted by Gasteiger charge is 2.41. The quantitative estimate of drug-likeness (QED) is 0.846. The van der Waals surface area contributed by atoms with Crippen LogP contribution in [0.15, 0.2) is 4.52 Å². The summed E-state index contributed by atoms with van der Waals surface area (Å²) in [7, 11) is 0. The molecule has 0 unspecified atom stereocenters. The SMILES string of the molecule is CC[C@H](C)[C@@H]1NC(=O)N(C[C@H](C)c2c(C)noc2C)C1=O. The standard InChI is InChI=1S/C15H23N3O3/c1-6-8(2)13-14(19)18(15(20)16-13)7-9(3)12-10(4)17-21-11(12)5/h8-9,13H,6-7H2,1-5H3,(H,16,20)/t8-,9-,13-/m0/s1. The molecule has 6 heteroatoms. The average Bonchev–Trinajstić information content (AvgIpc) is 2.91. The first kappa shape index (κ1) is 15.5. The van der Waals surface area contributed by atoms with Gasteiger partial charge in [-0.1, -0.05) is 32.3 Å². The summed E-state index contributed by atoms with van der Waals surface area (Å²) in [4.78, 5) is 25.8. The molecule has 1 N–H and O–H groups in total. The Hall–Kier alpha value is -1.85. The maximum absolute atomic E-state index is 12.4. The van der Waals surface area contributed by atoms with Crippen molar-refractivity contribution < 1.29 is 14.1 Å². The lowest BCUT2D eigenvalue weighted by Crippen LogP contribution is -2.36. The Balaban J connectivity index is 2.13. The third-order valence-electron chi connectivity index (χ3n) is 4.31. The van der Waals surface area contributed by atoms with Crippen molar-refractivity contribution in [2.24, 2.45) is 5.92 Å². The van der Waals surface area contributed by atoms with Gasteiger partial charge in [-0.05, 0) is 19.8 Å². The lowest BCUT2D eigenvalue weighted by molar-refractivity contribution is -0.128. The largest absolute Gasteiger partial charge is 0.361 e. The first-order valence-electron chi connectivity index (χ1n) is 7.41. The van der Waals surface area contributed by atoms with Gasteiger partial charge >= 0.3 is 6.03 Å². The summed E-state index contributed by atoms with van der Waals surface area (Å²) in [6, 6.07) is -0.705. The van der Waals surface area contributed by atoms with Crippen molar-refractivity contribution >= 4 is 11.9 Å². The molecule has 2 heterocycles. The van der Waals surface area contributed by atoms with Gasteiger partial charge in [-0.15, -0.1) is 0 Å². The van der Waals surface area contributed by atoms with Crippen molar-refractivity contribution in [2.45, 2.75) is 53.0 Å². The summed E-state index contributed by atoms with van der Waals surface area (Å²) >= 11 is 0. The number of aryl methyl sites for hydroxylation is 2. The summed E-state index contributed by atoms with van der Waals surface area (Å²) < 4.78 is 5.16. The molecule has 6 nitrogen and oxygen atoms in total. The Labute approximate surface area is 124 Å². The molecule has 1 aliphatic rings. The van der Waals surface area contributed by atoms with Crippen LogP contribution in [0, 0.1) is 19.8 Å². The molecule has 1 aliphatic heterocycles. The number of hydrogen-bond donors (Lipinski definition) is 1. The zero-order valence-corrected chi connectivity index (χ0v) is 13.3. The van der Waals surface area contributed by atoms with E-state index in [0.717, 1.165) is 23.4 Å². The molecule has 116 valence electrons. The van der Waals surface area contributed by atoms with Crippen LogP contribution in [0.3, 0.4) is 0 Å². The second-order valence-electron chi connectivity index (χ2n) is 5.90. The normalized spacial score (nSPS) is 21.6. The molecule has 3 atom stereocenters. The number of carbonyl (C=O) groups excluding carboxylic acids is 2. The molecule has 2 rings (SSSR count). The molecule has 1 saturated heterocycles. The van der Waals surface area contributed by atoms with Crippen LogP contribution in [-0.2, 0) is 4.79 Å². The van der Waals surface area contributed by atoms with Crippen molar-refractivity contribution in [3.8, 4) is 0 Å². The van der Waals surface area contributed by atoms with Gasteiger partial charge < -0.3 is 9.84 Å². The number of nitrogens with zero attached hydrogens (tertiary/aromatic N) is 2. The van der Waals surface area contributed by atoms with Gasteiger partial charge in [0.25, 0.3) is 5.91 Å². The molecule has 1 aromatic rings. The van der Waals surface area contributed by atoms with Crippen LogP contribution in [-0.4, -0.2) is 34.6 Å². The molecular formula is C15H23N3O3. The first-order chi connectivity index (χ1) is 9.86. The van der Waals surface area contributed by atoms with Crippen LogP contribution in [0.1, 0.15) is 50.1 Å². The van der Waals surface area contributed by atoms with E-state index in [-0.39, 0.29) is 23.8 Å². The van der Waals surface area contributed by atoms with Gasteiger partial charge in [0.1, 0.15) is 11.8 Å². The predicted octanol–water partition coefficient (Wildman–Crippen LogP) is 2.36. The Kier molecular flexibility index (Phi) is 4.34. The van der Waals surface area contributed by atoms with Crippen LogP contribution in [0.5, 0.6) is 0 Å². The predicted molar refractivity (Wildman–Crippen MR) is 77.9 cm³/mol. The second-order valence-corrected chi connectivity index (χ2v) is 5.90. The van der Waals surface area contributed by atoms with Crippen molar-refractivity contribution in [2.75, 3.05) is 6.54 Å². The number of rotatable bonds is 5. The summed E-state index contributed by atoms with van der Waals surface area (Å²) in [5, 5.41) is 6.71. The number of urea groups is 1. The molecule has 21 heavy (non-hydrogen) atoms. The Morgan fingerprint density at radius 2 is 2.00 bits per heavy atom. The zero-order valence-electron chi connectivity index (χ0n) is 13.3. The van der Waals surface area contributed by atoms with Gasteiger partial charge in [0.15, 0.2) is 0 Å². The molecule has 1 fully saturated rings. The van der Waals surface area contributed by atoms with E-state index in [4.69, 9.17) is 4.52 Å². The van der Waals surface area contributed by atoms with E-state index in [2.05, 4.69) is 10.5 Å². The molecule has 0 bridgehead atoms. The van der Waals surface area contributed by atoms with Gasteiger partial charge in [-0.2, -0.15) is 0 Å². The van der Waals surface area contributed by atoms with E-state index in [1.54, 1.807) is 0 Å². The average molecular weight is 293 g/mol. The minimum absolute atomic E-state index is 0.00151.